The lowest BCUT2D eigenvalue weighted by molar-refractivity contribution is -0.126. The van der Waals surface area contributed by atoms with Crippen LogP contribution in [0, 0.1) is 5.92 Å². The first kappa shape index (κ1) is 27.5. The smallest absolute Gasteiger partial charge is 0.246 e. The van der Waals surface area contributed by atoms with Crippen LogP contribution in [0.3, 0.4) is 0 Å². The van der Waals surface area contributed by atoms with Gasteiger partial charge in [-0.25, -0.2) is 0 Å². The third-order valence-corrected chi connectivity index (χ3v) is 3.95. The second-order valence-electron chi connectivity index (χ2n) is 6.92. The second-order valence-corrected chi connectivity index (χ2v) is 6.92. The highest BCUT2D eigenvalue weighted by molar-refractivity contribution is 5.77. The molecule has 0 aliphatic heterocycles. The summed E-state index contributed by atoms with van der Waals surface area (Å²) in [6.45, 7) is 17.2. The Labute approximate surface area is 176 Å². The predicted octanol–water partition coefficient (Wildman–Crippen LogP) is 1.22. The fourth-order valence-corrected chi connectivity index (χ4v) is 1.99. The highest BCUT2D eigenvalue weighted by Gasteiger charge is 2.02. The van der Waals surface area contributed by atoms with Crippen LogP contribution in [0.15, 0.2) is 24.4 Å². The molecule has 0 radical (unpaired) electrons. The van der Waals surface area contributed by atoms with Gasteiger partial charge < -0.3 is 35.3 Å². The summed E-state index contributed by atoms with van der Waals surface area (Å²) in [5, 5.41) is 5.91. The Bertz CT molecular complexity index is 444. The number of nitrogens with two attached hydrogens (primary N) is 1. The molecule has 0 heterocycles. The van der Waals surface area contributed by atoms with E-state index in [0.29, 0.717) is 71.8 Å². The number of hydrogen-bond acceptors (Lipinski definition) is 7. The summed E-state index contributed by atoms with van der Waals surface area (Å²) in [4.78, 5) is 11.6. The summed E-state index contributed by atoms with van der Waals surface area (Å²) >= 11 is 0. The Hall–Kier alpha value is -1.45. The van der Waals surface area contributed by atoms with Crippen LogP contribution in [0.5, 0.6) is 0 Å². The molecule has 0 aromatic heterocycles. The molecule has 170 valence electrons. The van der Waals surface area contributed by atoms with Gasteiger partial charge in [0.25, 0.3) is 0 Å². The van der Waals surface area contributed by atoms with Crippen LogP contribution < -0.4 is 16.4 Å². The SMILES string of the molecule is C=C(CCCN)NCCOCCOCC(=O)NCCOCCOCC(=C)C(C)C. The lowest BCUT2D eigenvalue weighted by Crippen LogP contribution is -2.31. The topological polar surface area (TPSA) is 104 Å². The Morgan fingerprint density at radius 2 is 1.41 bits per heavy atom. The van der Waals surface area contributed by atoms with Crippen molar-refractivity contribution in [2.45, 2.75) is 26.7 Å². The van der Waals surface area contributed by atoms with Crippen LogP contribution in [-0.2, 0) is 23.7 Å². The molecule has 0 spiro atoms. The summed E-state index contributed by atoms with van der Waals surface area (Å²) in [6.07, 6.45) is 1.81. The molecule has 0 rings (SSSR count). The Kier molecular flexibility index (Phi) is 18.9. The van der Waals surface area contributed by atoms with Gasteiger partial charge in [0.15, 0.2) is 0 Å². The summed E-state index contributed by atoms with van der Waals surface area (Å²) in [6, 6.07) is 0. The molecule has 0 unspecified atom stereocenters. The first-order valence-electron chi connectivity index (χ1n) is 10.3. The molecule has 0 aliphatic rings. The maximum absolute atomic E-state index is 11.6. The average Bonchev–Trinajstić information content (AvgIpc) is 2.69. The summed E-state index contributed by atoms with van der Waals surface area (Å²) in [5.41, 5.74) is 7.49. The van der Waals surface area contributed by atoms with E-state index in [0.717, 1.165) is 24.1 Å². The fraction of sp³-hybridized carbons (Fsp3) is 0.762. The van der Waals surface area contributed by atoms with Gasteiger partial charge in [-0.1, -0.05) is 27.0 Å². The van der Waals surface area contributed by atoms with E-state index < -0.39 is 0 Å². The van der Waals surface area contributed by atoms with E-state index in [-0.39, 0.29) is 12.5 Å². The van der Waals surface area contributed by atoms with Crippen molar-refractivity contribution in [3.63, 3.8) is 0 Å². The van der Waals surface area contributed by atoms with Gasteiger partial charge in [-0.15, -0.1) is 0 Å². The number of allylic oxidation sites excluding steroid dienone is 1. The van der Waals surface area contributed by atoms with Crippen LogP contribution in [0.25, 0.3) is 0 Å². The molecule has 0 fully saturated rings. The highest BCUT2D eigenvalue weighted by atomic mass is 16.5. The largest absolute Gasteiger partial charge is 0.387 e. The van der Waals surface area contributed by atoms with E-state index in [1.54, 1.807) is 0 Å². The first-order chi connectivity index (χ1) is 14.0. The Morgan fingerprint density at radius 3 is 2.00 bits per heavy atom. The zero-order valence-corrected chi connectivity index (χ0v) is 18.3. The third-order valence-electron chi connectivity index (χ3n) is 3.95. The standard InChI is InChI=1S/C21H41N3O5/c1-18(2)19(3)16-28-14-12-27-11-9-24-21(25)17-29-15-13-26-10-8-23-20(4)6-5-7-22/h18,23H,3-17,22H2,1-2H3,(H,24,25). The van der Waals surface area contributed by atoms with Gasteiger partial charge in [0.05, 0.1) is 46.2 Å². The van der Waals surface area contributed by atoms with Crippen molar-refractivity contribution < 1.29 is 23.7 Å². The first-order valence-corrected chi connectivity index (χ1v) is 10.3. The number of carbonyl (C=O) groups excluding carboxylic acids is 1. The Morgan fingerprint density at radius 1 is 0.862 bits per heavy atom. The van der Waals surface area contributed by atoms with Crippen molar-refractivity contribution in [1.82, 2.24) is 10.6 Å². The summed E-state index contributed by atoms with van der Waals surface area (Å²) in [5.74, 6) is 0.255. The second kappa shape index (κ2) is 19.8. The lowest BCUT2D eigenvalue weighted by Gasteiger charge is -2.11. The van der Waals surface area contributed by atoms with Crippen molar-refractivity contribution in [2.75, 3.05) is 72.5 Å². The summed E-state index contributed by atoms with van der Waals surface area (Å²) in [7, 11) is 0. The van der Waals surface area contributed by atoms with Gasteiger partial charge in [0.1, 0.15) is 6.61 Å². The van der Waals surface area contributed by atoms with E-state index in [1.165, 1.54) is 0 Å². The molecule has 0 saturated carbocycles. The molecule has 4 N–H and O–H groups in total. The lowest BCUT2D eigenvalue weighted by atomic mass is 10.1. The summed E-state index contributed by atoms with van der Waals surface area (Å²) < 4.78 is 21.5. The maximum atomic E-state index is 11.6. The monoisotopic (exact) mass is 415 g/mol. The van der Waals surface area contributed by atoms with Crippen LogP contribution in [0.1, 0.15) is 26.7 Å². The highest BCUT2D eigenvalue weighted by Crippen LogP contribution is 2.06. The van der Waals surface area contributed by atoms with Gasteiger partial charge >= 0.3 is 0 Å². The fourth-order valence-electron chi connectivity index (χ4n) is 1.99. The van der Waals surface area contributed by atoms with E-state index in [9.17, 15) is 4.79 Å². The van der Waals surface area contributed by atoms with E-state index in [2.05, 4.69) is 37.6 Å². The minimum Gasteiger partial charge on any atom is -0.387 e. The predicted molar refractivity (Wildman–Crippen MR) is 116 cm³/mol. The van der Waals surface area contributed by atoms with Crippen LogP contribution >= 0.6 is 0 Å². The minimum atomic E-state index is -0.170. The Balaban J connectivity index is 3.30. The van der Waals surface area contributed by atoms with Gasteiger partial charge in [-0.2, -0.15) is 0 Å². The van der Waals surface area contributed by atoms with Crippen molar-refractivity contribution in [2.24, 2.45) is 11.7 Å². The van der Waals surface area contributed by atoms with E-state index in [1.807, 2.05) is 0 Å². The van der Waals surface area contributed by atoms with Crippen LogP contribution in [0.2, 0.25) is 0 Å². The number of ether oxygens (including phenoxy) is 4. The normalized spacial score (nSPS) is 10.9. The molecule has 0 aliphatic carbocycles. The van der Waals surface area contributed by atoms with E-state index >= 15 is 0 Å². The number of carbonyl (C=O) groups is 1. The third kappa shape index (κ3) is 19.6. The maximum Gasteiger partial charge on any atom is 0.246 e. The van der Waals surface area contributed by atoms with E-state index in [4.69, 9.17) is 24.7 Å². The molecule has 0 saturated heterocycles. The molecule has 0 aromatic carbocycles. The van der Waals surface area contributed by atoms with Crippen LogP contribution in [0.4, 0.5) is 0 Å². The molecule has 0 atom stereocenters. The van der Waals surface area contributed by atoms with Gasteiger partial charge in [-0.05, 0) is 30.9 Å². The molecule has 0 bridgehead atoms. The van der Waals surface area contributed by atoms with Crippen molar-refractivity contribution in [3.05, 3.63) is 24.4 Å². The number of hydrogen-bond donors (Lipinski definition) is 3. The molecular formula is C21H41N3O5. The van der Waals surface area contributed by atoms with Gasteiger partial charge in [-0.3, -0.25) is 4.79 Å². The zero-order valence-electron chi connectivity index (χ0n) is 18.3. The number of rotatable bonds is 21. The zero-order chi connectivity index (χ0) is 21.7. The average molecular weight is 416 g/mol. The molecule has 1 amide bonds. The molecule has 8 heteroatoms. The van der Waals surface area contributed by atoms with Crippen LogP contribution in [-0.4, -0.2) is 78.4 Å². The van der Waals surface area contributed by atoms with Crippen molar-refractivity contribution in [3.8, 4) is 0 Å². The van der Waals surface area contributed by atoms with Gasteiger partial charge in [0, 0.05) is 18.8 Å². The number of amides is 1. The molecule has 29 heavy (non-hydrogen) atoms. The van der Waals surface area contributed by atoms with Crippen molar-refractivity contribution >= 4 is 5.91 Å². The van der Waals surface area contributed by atoms with Crippen molar-refractivity contribution in [1.29, 1.82) is 0 Å². The molecule has 8 nitrogen and oxygen atoms in total. The number of nitrogens with one attached hydrogen (secondary N) is 2. The quantitative estimate of drug-likeness (QED) is 0.191. The minimum absolute atomic E-state index is 0.0118. The molecular weight excluding hydrogens is 374 g/mol. The molecule has 0 aromatic rings. The van der Waals surface area contributed by atoms with Gasteiger partial charge in [0.2, 0.25) is 5.91 Å².